The molecule has 10 nitrogen and oxygen atoms in total. The van der Waals surface area contributed by atoms with Gasteiger partial charge in [-0.15, -0.1) is 58.8 Å². The molecule has 240 valence electrons. The van der Waals surface area contributed by atoms with Crippen molar-refractivity contribution < 1.29 is 28.9 Å². The molecule has 0 aromatic heterocycles. The SMILES string of the molecule is O=C(NCCSCSCC/N=C/[S+]([O-])CSCSCSC(=O)NCCSCSCC/N=C/[S+]([O-])CCO)SCCO. The summed E-state index contributed by atoms with van der Waals surface area (Å²) in [4.78, 5) is 31.5. The van der Waals surface area contributed by atoms with Gasteiger partial charge in [0.05, 0.1) is 26.3 Å². The van der Waals surface area contributed by atoms with Crippen molar-refractivity contribution in [2.24, 2.45) is 9.98 Å². The second kappa shape index (κ2) is 34.5. The van der Waals surface area contributed by atoms with Gasteiger partial charge >= 0.3 is 0 Å². The summed E-state index contributed by atoms with van der Waals surface area (Å²) >= 11 is 10.2. The molecule has 0 bridgehead atoms. The summed E-state index contributed by atoms with van der Waals surface area (Å²) in [5.74, 6) is 4.02. The Morgan fingerprint density at radius 3 is 1.78 bits per heavy atom. The van der Waals surface area contributed by atoms with Gasteiger partial charge in [0.15, 0.2) is 5.08 Å². The number of amides is 2. The summed E-state index contributed by atoms with van der Waals surface area (Å²) in [6.07, 6.45) is 0. The van der Waals surface area contributed by atoms with Crippen LogP contribution >= 0.6 is 94.1 Å². The van der Waals surface area contributed by atoms with Crippen LogP contribution in [-0.4, -0.2) is 140 Å². The minimum absolute atomic E-state index is 0.000921. The first-order valence-electron chi connectivity index (χ1n) is 12.2. The van der Waals surface area contributed by atoms with E-state index in [0.717, 1.165) is 50.0 Å². The molecule has 0 aromatic carbocycles. The van der Waals surface area contributed by atoms with Crippen LogP contribution in [0.15, 0.2) is 9.98 Å². The number of rotatable bonds is 28. The van der Waals surface area contributed by atoms with E-state index in [1.54, 1.807) is 70.6 Å². The lowest BCUT2D eigenvalue weighted by atomic mass is 10.8. The highest BCUT2D eigenvalue weighted by atomic mass is 32.3. The molecule has 0 aromatic rings. The average molecular weight is 765 g/mol. The fourth-order valence-corrected chi connectivity index (χ4v) is 11.2. The monoisotopic (exact) mass is 764 g/mol. The number of aliphatic imine (C=N–C) groups is 2. The van der Waals surface area contributed by atoms with Gasteiger partial charge in [0, 0.05) is 73.4 Å². The lowest BCUT2D eigenvalue weighted by Gasteiger charge is -2.06. The predicted molar refractivity (Wildman–Crippen MR) is 198 cm³/mol. The Labute approximate surface area is 284 Å². The molecule has 0 heterocycles. The van der Waals surface area contributed by atoms with Crippen LogP contribution in [0.25, 0.3) is 0 Å². The first kappa shape index (κ1) is 42.6. The van der Waals surface area contributed by atoms with Crippen LogP contribution in [0.1, 0.15) is 0 Å². The van der Waals surface area contributed by atoms with Gasteiger partial charge in [-0.1, -0.05) is 35.3 Å². The van der Waals surface area contributed by atoms with Gasteiger partial charge in [-0.2, -0.15) is 0 Å². The number of nitrogens with one attached hydrogen (secondary N) is 2. The van der Waals surface area contributed by atoms with E-state index >= 15 is 0 Å². The van der Waals surface area contributed by atoms with Crippen molar-refractivity contribution in [2.75, 3.05) is 99.3 Å². The summed E-state index contributed by atoms with van der Waals surface area (Å²) < 4.78 is 23.3. The van der Waals surface area contributed by atoms with Gasteiger partial charge < -0.3 is 30.0 Å². The molecule has 2 unspecified atom stereocenters. The highest BCUT2D eigenvalue weighted by Crippen LogP contribution is 2.19. The Morgan fingerprint density at radius 1 is 0.659 bits per heavy atom. The number of carbonyl (C=O) groups excluding carboxylic acids is 2. The first-order chi connectivity index (χ1) is 20.0. The van der Waals surface area contributed by atoms with Crippen molar-refractivity contribution >= 4 is 138 Å². The second-order valence-electron chi connectivity index (χ2n) is 6.99. The molecule has 2 atom stereocenters. The number of hydrogen-bond donors (Lipinski definition) is 4. The van der Waals surface area contributed by atoms with Crippen LogP contribution in [0.2, 0.25) is 0 Å². The zero-order valence-electron chi connectivity index (χ0n) is 22.7. The minimum atomic E-state index is -1.18. The van der Waals surface area contributed by atoms with E-state index in [4.69, 9.17) is 10.2 Å². The molecule has 0 rings (SSSR count). The summed E-state index contributed by atoms with van der Waals surface area (Å²) in [7, 11) is 0. The first-order valence-corrected chi connectivity index (χ1v) is 23.9. The average Bonchev–Trinajstić information content (AvgIpc) is 2.95. The van der Waals surface area contributed by atoms with E-state index in [0.29, 0.717) is 42.1 Å². The summed E-state index contributed by atoms with van der Waals surface area (Å²) in [5, 5.41) is 26.6. The van der Waals surface area contributed by atoms with Gasteiger partial charge in [0.25, 0.3) is 10.5 Å². The largest absolute Gasteiger partial charge is 0.611 e. The third kappa shape index (κ3) is 34.3. The van der Waals surface area contributed by atoms with Crippen LogP contribution in [0.3, 0.4) is 0 Å². The van der Waals surface area contributed by atoms with Gasteiger partial charge in [0.1, 0.15) is 5.75 Å². The molecule has 0 saturated carbocycles. The van der Waals surface area contributed by atoms with Crippen molar-refractivity contribution in [1.82, 2.24) is 10.6 Å². The lowest BCUT2D eigenvalue weighted by molar-refractivity contribution is 0.260. The van der Waals surface area contributed by atoms with Gasteiger partial charge in [-0.3, -0.25) is 9.59 Å². The zero-order valence-corrected chi connectivity index (χ0v) is 30.8. The molecule has 4 N–H and O–H groups in total. The van der Waals surface area contributed by atoms with Crippen LogP contribution < -0.4 is 10.6 Å². The topological polar surface area (TPSA) is 169 Å². The highest BCUT2D eigenvalue weighted by molar-refractivity contribution is 8.29. The van der Waals surface area contributed by atoms with Crippen LogP contribution in [-0.2, 0) is 22.4 Å². The second-order valence-corrected chi connectivity index (χ2v) is 19.9. The number of nitrogens with zero attached hydrogens (tertiary/aromatic N) is 2. The minimum Gasteiger partial charge on any atom is -0.611 e. The van der Waals surface area contributed by atoms with E-state index in [9.17, 15) is 18.7 Å². The normalized spacial score (nSPS) is 13.2. The molecule has 20 heteroatoms. The Morgan fingerprint density at radius 2 is 1.20 bits per heavy atom. The fourth-order valence-electron chi connectivity index (χ4n) is 2.03. The Bertz CT molecular complexity index is 691. The summed E-state index contributed by atoms with van der Waals surface area (Å²) in [6, 6.07) is 0. The van der Waals surface area contributed by atoms with Crippen LogP contribution in [0, 0.1) is 0 Å². The quantitative estimate of drug-likeness (QED) is 0.0300. The van der Waals surface area contributed by atoms with Gasteiger partial charge in [-0.05, 0) is 11.2 Å². The standard InChI is InChI=1S/C21H40N4O6S10/c26-5-11-38-20(28)24-3-9-34-16-33-8-2-23-14-41(31)19-37-17-36-18-39-21(29)25-4-10-35-15-32-7-1-22-13-40(30)12-6-27/h13-14,26-27H,1-12,15-19H2,(H,24,28)(H,25,29)/b22-13+,23-14+. The fraction of sp³-hybridized carbons (Fsp3) is 0.810. The summed E-state index contributed by atoms with van der Waals surface area (Å²) in [6.45, 7) is 2.37. The Balaban J connectivity index is 3.42. The maximum atomic E-state index is 12.0. The van der Waals surface area contributed by atoms with Crippen molar-refractivity contribution in [3.05, 3.63) is 0 Å². The van der Waals surface area contributed by atoms with E-state index in [-0.39, 0.29) is 29.4 Å². The predicted octanol–water partition coefficient (Wildman–Crippen LogP) is 3.60. The zero-order chi connectivity index (χ0) is 30.2. The molecular formula is C21H40N4O6S10. The molecule has 0 fully saturated rings. The molecule has 41 heavy (non-hydrogen) atoms. The number of aliphatic hydroxyl groups excluding tert-OH is 2. The maximum Gasteiger partial charge on any atom is 0.279 e. The van der Waals surface area contributed by atoms with Crippen molar-refractivity contribution in [2.45, 2.75) is 0 Å². The van der Waals surface area contributed by atoms with Crippen molar-refractivity contribution in [1.29, 1.82) is 0 Å². The molecule has 0 aliphatic rings. The molecule has 2 amide bonds. The van der Waals surface area contributed by atoms with E-state index < -0.39 is 22.4 Å². The number of hydrogen-bond acceptors (Lipinski definition) is 16. The third-order valence-corrected chi connectivity index (χ3v) is 15.0. The molecule has 0 aliphatic carbocycles. The number of carbonyl (C=O) groups is 2. The molecule has 0 spiro atoms. The lowest BCUT2D eigenvalue weighted by Crippen LogP contribution is -2.22. The maximum absolute atomic E-state index is 12.0. The van der Waals surface area contributed by atoms with Gasteiger partial charge in [0.2, 0.25) is 11.1 Å². The highest BCUT2D eigenvalue weighted by Gasteiger charge is 2.05. The number of thioether (sulfide) groups is 8. The third-order valence-electron chi connectivity index (χ3n) is 3.73. The van der Waals surface area contributed by atoms with E-state index in [1.807, 2.05) is 0 Å². The molecule has 0 saturated heterocycles. The summed E-state index contributed by atoms with van der Waals surface area (Å²) in [5.41, 5.74) is 2.91. The molecule has 0 radical (unpaired) electrons. The van der Waals surface area contributed by atoms with E-state index in [2.05, 4.69) is 20.6 Å². The van der Waals surface area contributed by atoms with Gasteiger partial charge in [-0.25, -0.2) is 9.98 Å². The van der Waals surface area contributed by atoms with Crippen molar-refractivity contribution in [3.63, 3.8) is 0 Å². The molecule has 0 aliphatic heterocycles. The van der Waals surface area contributed by atoms with Crippen molar-refractivity contribution in [3.8, 4) is 0 Å². The van der Waals surface area contributed by atoms with E-state index in [1.165, 1.54) is 22.9 Å². The molecular weight excluding hydrogens is 725 g/mol. The van der Waals surface area contributed by atoms with Crippen LogP contribution in [0.4, 0.5) is 9.59 Å². The number of aliphatic hydroxyl groups is 2. The smallest absolute Gasteiger partial charge is 0.279 e. The Hall–Kier alpha value is 1.62. The van der Waals surface area contributed by atoms with Crippen LogP contribution in [0.5, 0.6) is 0 Å². The Kier molecular flexibility index (Phi) is 35.9.